The van der Waals surface area contributed by atoms with Gasteiger partial charge >= 0.3 is 0 Å². The van der Waals surface area contributed by atoms with Crippen LogP contribution >= 0.6 is 0 Å². The minimum atomic E-state index is -0.235. The number of nitrogens with one attached hydrogen (secondary N) is 2. The van der Waals surface area contributed by atoms with Crippen molar-refractivity contribution in [2.24, 2.45) is 0 Å². The molecule has 2 N–H and O–H groups in total. The molecule has 2 aromatic heterocycles. The SMILES string of the molecule is CCc1ccc(NC(=O)c2cc(NCc3ccco3)ccn2)cc1. The van der Waals surface area contributed by atoms with Crippen LogP contribution in [-0.2, 0) is 13.0 Å². The molecule has 0 spiro atoms. The Balaban J connectivity index is 1.64. The van der Waals surface area contributed by atoms with Crippen LogP contribution in [0, 0.1) is 0 Å². The minimum Gasteiger partial charge on any atom is -0.467 e. The van der Waals surface area contributed by atoms with Crippen LogP contribution in [0.5, 0.6) is 0 Å². The second-order valence-electron chi connectivity index (χ2n) is 5.37. The molecule has 0 aliphatic rings. The summed E-state index contributed by atoms with van der Waals surface area (Å²) in [6.07, 6.45) is 4.21. The highest BCUT2D eigenvalue weighted by Crippen LogP contribution is 2.14. The van der Waals surface area contributed by atoms with Gasteiger partial charge in [-0.25, -0.2) is 0 Å². The zero-order valence-electron chi connectivity index (χ0n) is 13.5. The first kappa shape index (κ1) is 15.8. The molecule has 0 fully saturated rings. The molecular weight excluding hydrogens is 302 g/mol. The fraction of sp³-hybridized carbons (Fsp3) is 0.158. The number of furan rings is 1. The third kappa shape index (κ3) is 4.01. The van der Waals surface area contributed by atoms with Crippen LogP contribution in [0.4, 0.5) is 11.4 Å². The molecule has 0 unspecified atom stereocenters. The van der Waals surface area contributed by atoms with Crippen LogP contribution in [0.15, 0.2) is 65.4 Å². The summed E-state index contributed by atoms with van der Waals surface area (Å²) < 4.78 is 5.27. The summed E-state index contributed by atoms with van der Waals surface area (Å²) in [5.74, 6) is 0.592. The molecule has 0 aliphatic carbocycles. The van der Waals surface area contributed by atoms with E-state index < -0.39 is 0 Å². The summed E-state index contributed by atoms with van der Waals surface area (Å²) in [6, 6.07) is 15.1. The van der Waals surface area contributed by atoms with Crippen molar-refractivity contribution in [1.82, 2.24) is 4.98 Å². The number of hydrogen-bond acceptors (Lipinski definition) is 4. The van der Waals surface area contributed by atoms with Gasteiger partial charge in [-0.15, -0.1) is 0 Å². The Morgan fingerprint density at radius 2 is 1.96 bits per heavy atom. The lowest BCUT2D eigenvalue weighted by Gasteiger charge is -2.08. The summed E-state index contributed by atoms with van der Waals surface area (Å²) in [6.45, 7) is 2.65. The average molecular weight is 321 g/mol. The van der Waals surface area contributed by atoms with E-state index in [1.165, 1.54) is 5.56 Å². The van der Waals surface area contributed by atoms with Crippen LogP contribution in [0.1, 0.15) is 28.7 Å². The standard InChI is InChI=1S/C19H19N3O2/c1-2-14-5-7-15(8-6-14)22-19(23)18-12-16(9-10-20-18)21-13-17-4-3-11-24-17/h3-12H,2,13H2,1H3,(H,20,21)(H,22,23). The van der Waals surface area contributed by atoms with Crippen molar-refractivity contribution in [1.29, 1.82) is 0 Å². The number of pyridine rings is 1. The molecular formula is C19H19N3O2. The quantitative estimate of drug-likeness (QED) is 0.717. The molecule has 3 rings (SSSR count). The largest absolute Gasteiger partial charge is 0.467 e. The topological polar surface area (TPSA) is 67.2 Å². The Hall–Kier alpha value is -3.08. The first-order chi connectivity index (χ1) is 11.7. The maximum absolute atomic E-state index is 12.3. The third-order valence-electron chi connectivity index (χ3n) is 3.66. The molecule has 2 heterocycles. The summed E-state index contributed by atoms with van der Waals surface area (Å²) >= 11 is 0. The van der Waals surface area contributed by atoms with Gasteiger partial charge in [-0.05, 0) is 48.4 Å². The molecule has 3 aromatic rings. The zero-order chi connectivity index (χ0) is 16.8. The molecule has 0 bridgehead atoms. The molecule has 5 nitrogen and oxygen atoms in total. The summed E-state index contributed by atoms with van der Waals surface area (Å²) in [7, 11) is 0. The van der Waals surface area contributed by atoms with Gasteiger partial charge in [0.2, 0.25) is 0 Å². The highest BCUT2D eigenvalue weighted by Gasteiger charge is 2.09. The van der Waals surface area contributed by atoms with Crippen LogP contribution in [0.3, 0.4) is 0 Å². The first-order valence-electron chi connectivity index (χ1n) is 7.87. The van der Waals surface area contributed by atoms with Crippen LogP contribution in [0.25, 0.3) is 0 Å². The Morgan fingerprint density at radius 1 is 1.12 bits per heavy atom. The highest BCUT2D eigenvalue weighted by molar-refractivity contribution is 6.03. The molecule has 0 aliphatic heterocycles. The molecule has 1 amide bonds. The van der Waals surface area contributed by atoms with Gasteiger partial charge in [-0.1, -0.05) is 19.1 Å². The van der Waals surface area contributed by atoms with Crippen LogP contribution in [0.2, 0.25) is 0 Å². The minimum absolute atomic E-state index is 0.235. The third-order valence-corrected chi connectivity index (χ3v) is 3.66. The molecule has 0 saturated heterocycles. The van der Waals surface area contributed by atoms with Gasteiger partial charge in [0.15, 0.2) is 0 Å². The van der Waals surface area contributed by atoms with E-state index in [-0.39, 0.29) is 5.91 Å². The van der Waals surface area contributed by atoms with Crippen molar-refractivity contribution < 1.29 is 9.21 Å². The molecule has 0 atom stereocenters. The Kier molecular flexibility index (Phi) is 4.91. The van der Waals surface area contributed by atoms with Gasteiger partial charge in [0.05, 0.1) is 12.8 Å². The van der Waals surface area contributed by atoms with Crippen molar-refractivity contribution in [3.63, 3.8) is 0 Å². The molecule has 5 heteroatoms. The molecule has 0 radical (unpaired) electrons. The average Bonchev–Trinajstić information content (AvgIpc) is 3.14. The van der Waals surface area contributed by atoms with Gasteiger partial charge in [0.25, 0.3) is 5.91 Å². The first-order valence-corrected chi connectivity index (χ1v) is 7.87. The number of rotatable bonds is 6. The van der Waals surface area contributed by atoms with Crippen molar-refractivity contribution in [3.8, 4) is 0 Å². The van der Waals surface area contributed by atoms with E-state index in [0.717, 1.165) is 23.6 Å². The fourth-order valence-corrected chi connectivity index (χ4v) is 2.29. The zero-order valence-corrected chi connectivity index (χ0v) is 13.5. The van der Waals surface area contributed by atoms with Crippen molar-refractivity contribution in [2.45, 2.75) is 19.9 Å². The van der Waals surface area contributed by atoms with Gasteiger partial charge in [-0.2, -0.15) is 0 Å². The molecule has 1 aromatic carbocycles. The lowest BCUT2D eigenvalue weighted by molar-refractivity contribution is 0.102. The number of benzene rings is 1. The molecule has 24 heavy (non-hydrogen) atoms. The van der Waals surface area contributed by atoms with E-state index in [2.05, 4.69) is 22.5 Å². The van der Waals surface area contributed by atoms with Gasteiger partial charge < -0.3 is 15.1 Å². The van der Waals surface area contributed by atoms with Crippen molar-refractivity contribution in [3.05, 3.63) is 78.0 Å². The number of aryl methyl sites for hydroxylation is 1. The van der Waals surface area contributed by atoms with E-state index in [0.29, 0.717) is 12.2 Å². The number of carbonyl (C=O) groups excluding carboxylic acids is 1. The number of hydrogen-bond donors (Lipinski definition) is 2. The van der Waals surface area contributed by atoms with Gasteiger partial charge in [0, 0.05) is 17.6 Å². The van der Waals surface area contributed by atoms with Crippen LogP contribution in [-0.4, -0.2) is 10.9 Å². The number of aromatic nitrogens is 1. The predicted octanol–water partition coefficient (Wildman–Crippen LogP) is 4.10. The lowest BCUT2D eigenvalue weighted by Crippen LogP contribution is -2.14. The summed E-state index contributed by atoms with van der Waals surface area (Å²) in [5.41, 5.74) is 3.16. The Labute approximate surface area is 140 Å². The van der Waals surface area contributed by atoms with E-state index in [4.69, 9.17) is 4.42 Å². The van der Waals surface area contributed by atoms with E-state index in [1.54, 1.807) is 18.5 Å². The van der Waals surface area contributed by atoms with Gasteiger partial charge in [0.1, 0.15) is 11.5 Å². The van der Waals surface area contributed by atoms with Crippen LogP contribution < -0.4 is 10.6 Å². The predicted molar refractivity (Wildman–Crippen MR) is 94.0 cm³/mol. The monoisotopic (exact) mass is 321 g/mol. The Bertz CT molecular complexity index is 796. The van der Waals surface area contributed by atoms with E-state index in [9.17, 15) is 4.79 Å². The Morgan fingerprint density at radius 3 is 2.67 bits per heavy atom. The second kappa shape index (κ2) is 7.46. The number of carbonyl (C=O) groups is 1. The summed E-state index contributed by atoms with van der Waals surface area (Å²) in [5, 5.41) is 6.07. The number of anilines is 2. The smallest absolute Gasteiger partial charge is 0.274 e. The highest BCUT2D eigenvalue weighted by atomic mass is 16.3. The van der Waals surface area contributed by atoms with Gasteiger partial charge in [-0.3, -0.25) is 9.78 Å². The number of amides is 1. The second-order valence-corrected chi connectivity index (χ2v) is 5.37. The van der Waals surface area contributed by atoms with E-state index >= 15 is 0 Å². The van der Waals surface area contributed by atoms with E-state index in [1.807, 2.05) is 42.5 Å². The fourth-order valence-electron chi connectivity index (χ4n) is 2.29. The summed E-state index contributed by atoms with van der Waals surface area (Å²) in [4.78, 5) is 16.5. The lowest BCUT2D eigenvalue weighted by atomic mass is 10.1. The maximum atomic E-state index is 12.3. The maximum Gasteiger partial charge on any atom is 0.274 e. The normalized spacial score (nSPS) is 10.4. The molecule has 122 valence electrons. The number of nitrogens with zero attached hydrogens (tertiary/aromatic N) is 1. The van der Waals surface area contributed by atoms with Crippen molar-refractivity contribution in [2.75, 3.05) is 10.6 Å². The molecule has 0 saturated carbocycles. The van der Waals surface area contributed by atoms with Crippen molar-refractivity contribution >= 4 is 17.3 Å².